The molecule has 0 fully saturated rings. The van der Waals surface area contributed by atoms with Crippen molar-refractivity contribution in [2.24, 2.45) is 5.18 Å². The summed E-state index contributed by atoms with van der Waals surface area (Å²) < 4.78 is 4.90. The van der Waals surface area contributed by atoms with E-state index in [2.05, 4.69) is 10.5 Å². The van der Waals surface area contributed by atoms with E-state index in [1.54, 1.807) is 13.8 Å². The highest BCUT2D eigenvalue weighted by Crippen LogP contribution is 2.17. The summed E-state index contributed by atoms with van der Waals surface area (Å²) in [5, 5.41) is 14.5. The highest BCUT2D eigenvalue weighted by atomic mass is 16.6. The molecule has 0 heterocycles. The second-order valence-electron chi connectivity index (χ2n) is 4.14. The van der Waals surface area contributed by atoms with Crippen LogP contribution in [0.15, 0.2) is 29.4 Å². The van der Waals surface area contributed by atoms with Crippen molar-refractivity contribution in [3.8, 4) is 5.75 Å². The average molecular weight is 238 g/mol. The molecule has 0 aliphatic rings. The zero-order chi connectivity index (χ0) is 12.9. The fourth-order valence-corrected chi connectivity index (χ4v) is 1.01. The third-order valence-electron chi connectivity index (χ3n) is 1.82. The van der Waals surface area contributed by atoms with Crippen molar-refractivity contribution in [3.05, 3.63) is 29.2 Å². The second kappa shape index (κ2) is 5.40. The maximum absolute atomic E-state index is 11.3. The van der Waals surface area contributed by atoms with Crippen LogP contribution in [0.25, 0.3) is 0 Å². The van der Waals surface area contributed by atoms with Crippen LogP contribution in [0, 0.1) is 4.91 Å². The minimum Gasteiger partial charge on any atom is -0.410 e. The predicted molar refractivity (Wildman–Crippen MR) is 62.2 cm³/mol. The number of nitrogens with zero attached hydrogens (tertiary/aromatic N) is 1. The number of nitroso groups, excluding NO2 is 1. The Morgan fingerprint density at radius 2 is 2.00 bits per heavy atom. The summed E-state index contributed by atoms with van der Waals surface area (Å²) in [7, 11) is 0. The third-order valence-corrected chi connectivity index (χ3v) is 1.82. The number of carbonyl (C=O) groups excluding carboxylic acids is 1. The lowest BCUT2D eigenvalue weighted by molar-refractivity contribution is 0.0791. The zero-order valence-corrected chi connectivity index (χ0v) is 9.64. The Kier molecular flexibility index (Phi) is 4.17. The van der Waals surface area contributed by atoms with Gasteiger partial charge in [-0.3, -0.25) is 0 Å². The van der Waals surface area contributed by atoms with Crippen LogP contribution < -0.4 is 10.1 Å². The normalized spacial score (nSPS) is 10.8. The van der Waals surface area contributed by atoms with E-state index in [9.17, 15) is 14.8 Å². The van der Waals surface area contributed by atoms with Crippen LogP contribution in [0.5, 0.6) is 5.75 Å². The molecule has 0 aliphatic heterocycles. The molecule has 0 aromatic heterocycles. The fourth-order valence-electron chi connectivity index (χ4n) is 1.01. The van der Waals surface area contributed by atoms with Gasteiger partial charge in [0.15, 0.2) is 0 Å². The van der Waals surface area contributed by atoms with Crippen LogP contribution in [0.2, 0.25) is 0 Å². The van der Waals surface area contributed by atoms with Crippen LogP contribution in [0.1, 0.15) is 13.8 Å². The first-order valence-corrected chi connectivity index (χ1v) is 5.02. The van der Waals surface area contributed by atoms with Gasteiger partial charge in [-0.2, -0.15) is 0 Å². The number of ether oxygens (including phenoxy) is 1. The van der Waals surface area contributed by atoms with Gasteiger partial charge in [0.25, 0.3) is 0 Å². The molecule has 0 atom stereocenters. The Balaban J connectivity index is 2.47. The van der Waals surface area contributed by atoms with Crippen LogP contribution in [-0.2, 0) is 0 Å². The molecule has 92 valence electrons. The number of rotatable bonds is 4. The van der Waals surface area contributed by atoms with E-state index in [0.717, 1.165) is 0 Å². The number of amides is 1. The molecule has 0 spiro atoms. The second-order valence-corrected chi connectivity index (χ2v) is 4.14. The molecule has 1 rings (SSSR count). The summed E-state index contributed by atoms with van der Waals surface area (Å²) in [6.45, 7) is 3.22. The SMILES string of the molecule is CC(C)(O)CNC(=O)Oc1ccc(N=O)cc1. The van der Waals surface area contributed by atoms with Gasteiger partial charge in [-0.1, -0.05) is 0 Å². The van der Waals surface area contributed by atoms with Crippen molar-refractivity contribution in [3.63, 3.8) is 0 Å². The van der Waals surface area contributed by atoms with Gasteiger partial charge in [-0.05, 0) is 43.3 Å². The van der Waals surface area contributed by atoms with Crippen LogP contribution >= 0.6 is 0 Å². The Morgan fingerprint density at radius 1 is 1.41 bits per heavy atom. The summed E-state index contributed by atoms with van der Waals surface area (Å²) in [6, 6.07) is 5.79. The monoisotopic (exact) mass is 238 g/mol. The molecule has 0 saturated carbocycles. The first-order chi connectivity index (χ1) is 7.90. The summed E-state index contributed by atoms with van der Waals surface area (Å²) in [5.41, 5.74) is -0.737. The zero-order valence-electron chi connectivity index (χ0n) is 9.64. The molecule has 6 heteroatoms. The van der Waals surface area contributed by atoms with Crippen molar-refractivity contribution >= 4 is 11.8 Å². The average Bonchev–Trinajstić information content (AvgIpc) is 2.27. The molecular formula is C11H14N2O4. The molecule has 6 nitrogen and oxygen atoms in total. The minimum atomic E-state index is -0.996. The number of aliphatic hydroxyl groups is 1. The van der Waals surface area contributed by atoms with Gasteiger partial charge < -0.3 is 15.2 Å². The highest BCUT2D eigenvalue weighted by molar-refractivity contribution is 5.70. The van der Waals surface area contributed by atoms with E-state index in [-0.39, 0.29) is 12.2 Å². The van der Waals surface area contributed by atoms with Crippen molar-refractivity contribution < 1.29 is 14.6 Å². The van der Waals surface area contributed by atoms with E-state index in [0.29, 0.717) is 5.75 Å². The van der Waals surface area contributed by atoms with Crippen LogP contribution in [0.3, 0.4) is 0 Å². The number of hydrogen-bond acceptors (Lipinski definition) is 5. The van der Waals surface area contributed by atoms with Gasteiger partial charge in [0.05, 0.1) is 5.60 Å². The predicted octanol–water partition coefficient (Wildman–Crippen LogP) is 1.94. The molecule has 1 amide bonds. The quantitative estimate of drug-likeness (QED) is 0.784. The largest absolute Gasteiger partial charge is 0.412 e. The summed E-state index contributed by atoms with van der Waals surface area (Å²) in [5.74, 6) is 0.297. The molecule has 0 saturated heterocycles. The molecule has 1 aromatic rings. The van der Waals surface area contributed by atoms with Crippen molar-refractivity contribution in [1.82, 2.24) is 5.32 Å². The Hall–Kier alpha value is -1.95. The Bertz CT molecular complexity index is 395. The molecule has 17 heavy (non-hydrogen) atoms. The molecule has 0 radical (unpaired) electrons. The molecule has 0 aliphatic carbocycles. The highest BCUT2D eigenvalue weighted by Gasteiger charge is 2.14. The maximum atomic E-state index is 11.3. The van der Waals surface area contributed by atoms with Gasteiger partial charge in [0.1, 0.15) is 11.4 Å². The number of benzene rings is 1. The van der Waals surface area contributed by atoms with E-state index >= 15 is 0 Å². The lowest BCUT2D eigenvalue weighted by atomic mass is 10.1. The fraction of sp³-hybridized carbons (Fsp3) is 0.364. The third kappa shape index (κ3) is 5.07. The van der Waals surface area contributed by atoms with Crippen LogP contribution in [-0.4, -0.2) is 23.3 Å². The molecule has 2 N–H and O–H groups in total. The topological polar surface area (TPSA) is 88.0 Å². The van der Waals surface area contributed by atoms with Crippen LogP contribution in [0.4, 0.5) is 10.5 Å². The summed E-state index contributed by atoms with van der Waals surface area (Å²) in [6.07, 6.45) is -0.668. The lowest BCUT2D eigenvalue weighted by Gasteiger charge is -2.17. The van der Waals surface area contributed by atoms with Gasteiger partial charge in [0, 0.05) is 6.54 Å². The van der Waals surface area contributed by atoms with Gasteiger partial charge in [-0.15, -0.1) is 4.91 Å². The van der Waals surface area contributed by atoms with Crippen molar-refractivity contribution in [2.75, 3.05) is 6.54 Å². The molecule has 1 aromatic carbocycles. The Labute approximate surface area is 98.6 Å². The molecule has 0 unspecified atom stereocenters. The smallest absolute Gasteiger partial charge is 0.410 e. The maximum Gasteiger partial charge on any atom is 0.412 e. The lowest BCUT2D eigenvalue weighted by Crippen LogP contribution is -2.39. The Morgan fingerprint density at radius 3 is 2.47 bits per heavy atom. The van der Waals surface area contributed by atoms with Crippen molar-refractivity contribution in [2.45, 2.75) is 19.4 Å². The minimum absolute atomic E-state index is 0.0831. The first-order valence-electron chi connectivity index (χ1n) is 5.02. The number of nitrogens with one attached hydrogen (secondary N) is 1. The molecule has 0 bridgehead atoms. The number of hydrogen-bond donors (Lipinski definition) is 2. The van der Waals surface area contributed by atoms with E-state index < -0.39 is 11.7 Å². The van der Waals surface area contributed by atoms with E-state index in [4.69, 9.17) is 4.74 Å². The standard InChI is InChI=1S/C11H14N2O4/c1-11(2,15)7-12-10(14)17-9-5-3-8(13-16)4-6-9/h3-6,15H,7H2,1-2H3,(H,12,14). The molecular weight excluding hydrogens is 224 g/mol. The van der Waals surface area contributed by atoms with Crippen molar-refractivity contribution in [1.29, 1.82) is 0 Å². The summed E-state index contributed by atoms with van der Waals surface area (Å²) >= 11 is 0. The van der Waals surface area contributed by atoms with Gasteiger partial charge >= 0.3 is 6.09 Å². The van der Waals surface area contributed by atoms with E-state index in [1.165, 1.54) is 24.3 Å². The first kappa shape index (κ1) is 13.1. The van der Waals surface area contributed by atoms with Gasteiger partial charge in [-0.25, -0.2) is 4.79 Å². The summed E-state index contributed by atoms with van der Waals surface area (Å²) in [4.78, 5) is 21.4. The van der Waals surface area contributed by atoms with E-state index in [1.807, 2.05) is 0 Å². The van der Waals surface area contributed by atoms with Gasteiger partial charge in [0.2, 0.25) is 0 Å². The number of carbonyl (C=O) groups is 1.